The SMILES string of the molecule is COc1ccc(NS(=O)(=O)c2cc(CN3C(=O)[C@@H]4CCCC[C@H]4C3=O)ccc2OC)cc1OC. The molecule has 2 fully saturated rings. The number of rotatable bonds is 8. The first-order valence-corrected chi connectivity index (χ1v) is 12.5. The Balaban J connectivity index is 1.61. The Morgan fingerprint density at radius 2 is 1.44 bits per heavy atom. The van der Waals surface area contributed by atoms with Crippen LogP contribution in [0.3, 0.4) is 0 Å². The van der Waals surface area contributed by atoms with Gasteiger partial charge in [-0.3, -0.25) is 19.2 Å². The van der Waals surface area contributed by atoms with Crippen LogP contribution in [0.25, 0.3) is 0 Å². The fourth-order valence-corrected chi connectivity index (χ4v) is 5.98. The zero-order valence-corrected chi connectivity index (χ0v) is 20.2. The maximum Gasteiger partial charge on any atom is 0.265 e. The molecule has 4 rings (SSSR count). The van der Waals surface area contributed by atoms with Crippen molar-refractivity contribution in [3.8, 4) is 17.2 Å². The van der Waals surface area contributed by atoms with E-state index in [4.69, 9.17) is 14.2 Å². The zero-order chi connectivity index (χ0) is 24.5. The molecular weight excluding hydrogens is 460 g/mol. The maximum absolute atomic E-state index is 13.2. The van der Waals surface area contributed by atoms with Crippen molar-refractivity contribution >= 4 is 27.5 Å². The number of carbonyl (C=O) groups is 2. The van der Waals surface area contributed by atoms with Gasteiger partial charge in [0.2, 0.25) is 11.8 Å². The predicted molar refractivity (Wildman–Crippen MR) is 124 cm³/mol. The van der Waals surface area contributed by atoms with Crippen molar-refractivity contribution < 1.29 is 32.2 Å². The van der Waals surface area contributed by atoms with Crippen LogP contribution in [0.2, 0.25) is 0 Å². The first-order chi connectivity index (χ1) is 16.3. The van der Waals surface area contributed by atoms with E-state index >= 15 is 0 Å². The van der Waals surface area contributed by atoms with Gasteiger partial charge in [0.25, 0.3) is 10.0 Å². The minimum absolute atomic E-state index is 0.0214. The number of methoxy groups -OCH3 is 3. The average Bonchev–Trinajstić information content (AvgIpc) is 3.08. The van der Waals surface area contributed by atoms with Crippen LogP contribution in [-0.2, 0) is 26.2 Å². The second-order valence-electron chi connectivity index (χ2n) is 8.42. The first kappa shape index (κ1) is 23.9. The molecule has 1 heterocycles. The van der Waals surface area contributed by atoms with Gasteiger partial charge in [-0.2, -0.15) is 0 Å². The number of likely N-dealkylation sites (tertiary alicyclic amines) is 1. The van der Waals surface area contributed by atoms with E-state index in [-0.39, 0.29) is 46.5 Å². The van der Waals surface area contributed by atoms with Crippen LogP contribution in [0, 0.1) is 11.8 Å². The number of nitrogens with zero attached hydrogens (tertiary/aromatic N) is 1. The Morgan fingerprint density at radius 1 is 0.853 bits per heavy atom. The predicted octanol–water partition coefficient (Wildman–Crippen LogP) is 3.19. The molecule has 1 aliphatic carbocycles. The van der Waals surface area contributed by atoms with Crippen molar-refractivity contribution in [2.75, 3.05) is 26.1 Å². The van der Waals surface area contributed by atoms with Gasteiger partial charge in [0, 0.05) is 6.07 Å². The average molecular weight is 489 g/mol. The number of benzene rings is 2. The molecule has 0 aromatic heterocycles. The number of hydrogen-bond acceptors (Lipinski definition) is 7. The van der Waals surface area contributed by atoms with Crippen molar-refractivity contribution in [3.63, 3.8) is 0 Å². The molecule has 0 unspecified atom stereocenters. The van der Waals surface area contributed by atoms with Gasteiger partial charge < -0.3 is 14.2 Å². The highest BCUT2D eigenvalue weighted by Gasteiger charge is 2.47. The number of ether oxygens (including phenoxy) is 3. The second-order valence-corrected chi connectivity index (χ2v) is 10.1. The molecule has 0 bridgehead atoms. The van der Waals surface area contributed by atoms with E-state index in [0.29, 0.717) is 17.1 Å². The van der Waals surface area contributed by atoms with Crippen LogP contribution in [0.15, 0.2) is 41.3 Å². The summed E-state index contributed by atoms with van der Waals surface area (Å²) in [6.07, 6.45) is 3.34. The molecule has 9 nitrogen and oxygen atoms in total. The van der Waals surface area contributed by atoms with Gasteiger partial charge in [-0.25, -0.2) is 8.42 Å². The Hall–Kier alpha value is -3.27. The number of hydrogen-bond donors (Lipinski definition) is 1. The highest BCUT2D eigenvalue weighted by Crippen LogP contribution is 2.39. The van der Waals surface area contributed by atoms with Gasteiger partial charge in [-0.1, -0.05) is 18.9 Å². The zero-order valence-electron chi connectivity index (χ0n) is 19.4. The quantitative estimate of drug-likeness (QED) is 0.568. The minimum atomic E-state index is -4.06. The number of sulfonamides is 1. The van der Waals surface area contributed by atoms with E-state index in [9.17, 15) is 18.0 Å². The van der Waals surface area contributed by atoms with Crippen LogP contribution in [0.4, 0.5) is 5.69 Å². The lowest BCUT2D eigenvalue weighted by Crippen LogP contribution is -2.30. The number of fused-ring (bicyclic) bond motifs is 1. The van der Waals surface area contributed by atoms with Crippen molar-refractivity contribution in [3.05, 3.63) is 42.0 Å². The molecule has 1 saturated carbocycles. The van der Waals surface area contributed by atoms with E-state index in [2.05, 4.69) is 4.72 Å². The van der Waals surface area contributed by atoms with Gasteiger partial charge in [0.05, 0.1) is 45.4 Å². The Morgan fingerprint density at radius 3 is 2.03 bits per heavy atom. The van der Waals surface area contributed by atoms with Gasteiger partial charge in [0.1, 0.15) is 10.6 Å². The van der Waals surface area contributed by atoms with E-state index in [1.165, 1.54) is 44.4 Å². The van der Waals surface area contributed by atoms with Crippen LogP contribution in [-0.4, -0.2) is 46.5 Å². The number of amides is 2. The molecule has 2 aromatic rings. The van der Waals surface area contributed by atoms with Crippen LogP contribution < -0.4 is 18.9 Å². The molecule has 2 aromatic carbocycles. The Kier molecular flexibility index (Phi) is 6.70. The molecule has 1 N–H and O–H groups in total. The molecule has 2 amide bonds. The highest BCUT2D eigenvalue weighted by atomic mass is 32.2. The smallest absolute Gasteiger partial charge is 0.265 e. The molecule has 10 heteroatoms. The number of carbonyl (C=O) groups excluding carboxylic acids is 2. The lowest BCUT2D eigenvalue weighted by atomic mass is 9.81. The van der Waals surface area contributed by atoms with E-state index < -0.39 is 10.0 Å². The fourth-order valence-electron chi connectivity index (χ4n) is 4.71. The second kappa shape index (κ2) is 9.54. The van der Waals surface area contributed by atoms with Gasteiger partial charge in [0.15, 0.2) is 11.5 Å². The van der Waals surface area contributed by atoms with E-state index in [1.807, 2.05) is 0 Å². The summed E-state index contributed by atoms with van der Waals surface area (Å²) in [5.74, 6) is 0.131. The summed E-state index contributed by atoms with van der Waals surface area (Å²) in [5.41, 5.74) is 0.799. The molecule has 34 heavy (non-hydrogen) atoms. The largest absolute Gasteiger partial charge is 0.495 e. The van der Waals surface area contributed by atoms with Crippen molar-refractivity contribution in [1.29, 1.82) is 0 Å². The molecule has 182 valence electrons. The third kappa shape index (κ3) is 4.42. The summed E-state index contributed by atoms with van der Waals surface area (Å²) in [5, 5.41) is 0. The topological polar surface area (TPSA) is 111 Å². The lowest BCUT2D eigenvalue weighted by molar-refractivity contribution is -0.140. The van der Waals surface area contributed by atoms with Crippen molar-refractivity contribution in [2.45, 2.75) is 37.1 Å². The fraction of sp³-hybridized carbons (Fsp3) is 0.417. The van der Waals surface area contributed by atoms with Crippen molar-refractivity contribution in [2.24, 2.45) is 11.8 Å². The third-order valence-electron chi connectivity index (χ3n) is 6.43. The Bertz CT molecular complexity index is 1190. The third-order valence-corrected chi connectivity index (χ3v) is 7.83. The lowest BCUT2D eigenvalue weighted by Gasteiger charge is -2.19. The molecule has 2 atom stereocenters. The number of anilines is 1. The van der Waals surface area contributed by atoms with Gasteiger partial charge >= 0.3 is 0 Å². The summed E-state index contributed by atoms with van der Waals surface area (Å²) in [6.45, 7) is 0.0214. The minimum Gasteiger partial charge on any atom is -0.495 e. The summed E-state index contributed by atoms with van der Waals surface area (Å²) < 4.78 is 44.7. The first-order valence-electron chi connectivity index (χ1n) is 11.1. The summed E-state index contributed by atoms with van der Waals surface area (Å²) in [7, 11) is 0.260. The normalized spacial score (nSPS) is 20.1. The number of imide groups is 1. The van der Waals surface area contributed by atoms with Crippen LogP contribution in [0.5, 0.6) is 17.2 Å². The molecule has 0 radical (unpaired) electrons. The summed E-state index contributed by atoms with van der Waals surface area (Å²) >= 11 is 0. The van der Waals surface area contributed by atoms with Crippen LogP contribution in [0.1, 0.15) is 31.2 Å². The highest BCUT2D eigenvalue weighted by molar-refractivity contribution is 7.92. The molecule has 1 saturated heterocycles. The van der Waals surface area contributed by atoms with Gasteiger partial charge in [-0.05, 0) is 42.7 Å². The van der Waals surface area contributed by atoms with Crippen LogP contribution >= 0.6 is 0 Å². The summed E-state index contributed by atoms with van der Waals surface area (Å²) in [6, 6.07) is 9.28. The molecule has 1 aliphatic heterocycles. The number of nitrogens with one attached hydrogen (secondary N) is 1. The van der Waals surface area contributed by atoms with Gasteiger partial charge in [-0.15, -0.1) is 0 Å². The van der Waals surface area contributed by atoms with E-state index in [0.717, 1.165) is 25.7 Å². The monoisotopic (exact) mass is 488 g/mol. The Labute approximate surface area is 199 Å². The summed E-state index contributed by atoms with van der Waals surface area (Å²) in [4.78, 5) is 26.8. The standard InChI is InChI=1S/C24H28N2O7S/c1-31-19-11-9-16(13-21(19)33-3)25-34(29,30)22-12-15(8-10-20(22)32-2)14-26-23(27)17-6-4-5-7-18(17)24(26)28/h8-13,17-18,25H,4-7,14H2,1-3H3/t17-,18-/m1/s1. The maximum atomic E-state index is 13.2. The molecule has 2 aliphatic rings. The molecule has 0 spiro atoms. The van der Waals surface area contributed by atoms with Crippen molar-refractivity contribution in [1.82, 2.24) is 4.90 Å². The molecular formula is C24H28N2O7S. The van der Waals surface area contributed by atoms with E-state index in [1.54, 1.807) is 18.2 Å².